The summed E-state index contributed by atoms with van der Waals surface area (Å²) in [5.41, 5.74) is 0.827. The quantitative estimate of drug-likeness (QED) is 0.337. The molecule has 2 rings (SSSR count). The Bertz CT molecular complexity index is 346. The van der Waals surface area contributed by atoms with Crippen LogP contribution in [-0.4, -0.2) is 50.8 Å². The number of nitrogens with zero attached hydrogens (tertiary/aromatic N) is 2. The Morgan fingerprint density at radius 2 is 2.10 bits per heavy atom. The van der Waals surface area contributed by atoms with Crippen LogP contribution in [0.2, 0.25) is 0 Å². The van der Waals surface area contributed by atoms with Crippen molar-refractivity contribution in [3.05, 3.63) is 0 Å². The van der Waals surface area contributed by atoms with E-state index in [1.54, 1.807) is 0 Å². The number of aliphatic imine (C=N–C) groups is 1. The third-order valence-corrected chi connectivity index (χ3v) is 4.52. The van der Waals surface area contributed by atoms with Crippen molar-refractivity contribution in [1.29, 1.82) is 0 Å². The van der Waals surface area contributed by atoms with Crippen molar-refractivity contribution in [2.24, 2.45) is 15.8 Å². The fourth-order valence-electron chi connectivity index (χ4n) is 3.24. The lowest BCUT2D eigenvalue weighted by atomic mass is 9.87. The zero-order valence-electron chi connectivity index (χ0n) is 14.1. The first-order valence-corrected chi connectivity index (χ1v) is 7.98. The molecule has 1 spiro atoms. The van der Waals surface area contributed by atoms with Gasteiger partial charge in [-0.2, -0.15) is 0 Å². The second-order valence-corrected chi connectivity index (χ2v) is 7.61. The molecule has 0 aliphatic carbocycles. The van der Waals surface area contributed by atoms with Crippen LogP contribution in [0.25, 0.3) is 0 Å². The van der Waals surface area contributed by atoms with E-state index in [4.69, 9.17) is 4.74 Å². The van der Waals surface area contributed by atoms with E-state index in [0.717, 1.165) is 38.8 Å². The van der Waals surface area contributed by atoms with Crippen molar-refractivity contribution in [1.82, 2.24) is 10.2 Å². The minimum Gasteiger partial charge on any atom is -0.381 e. The maximum absolute atomic E-state index is 5.59. The molecule has 1 N–H and O–H groups in total. The Hall–Kier alpha value is -0.0400. The molecular weight excluding hydrogens is 377 g/mol. The highest BCUT2D eigenvalue weighted by Gasteiger charge is 2.42. The van der Waals surface area contributed by atoms with Gasteiger partial charge in [-0.25, -0.2) is 0 Å². The summed E-state index contributed by atoms with van der Waals surface area (Å²) in [6.45, 7) is 12.0. The molecule has 1 unspecified atom stereocenters. The highest BCUT2D eigenvalue weighted by molar-refractivity contribution is 14.0. The molecule has 0 bridgehead atoms. The van der Waals surface area contributed by atoms with Gasteiger partial charge in [0.25, 0.3) is 0 Å². The lowest BCUT2D eigenvalue weighted by Gasteiger charge is -2.25. The van der Waals surface area contributed by atoms with E-state index in [2.05, 4.69) is 36.0 Å². The maximum atomic E-state index is 5.59. The predicted octanol–water partition coefficient (Wildman–Crippen LogP) is 3.12. The van der Waals surface area contributed by atoms with Crippen LogP contribution in [0.4, 0.5) is 0 Å². The van der Waals surface area contributed by atoms with Crippen LogP contribution < -0.4 is 5.32 Å². The molecule has 0 saturated carbocycles. The first kappa shape index (κ1) is 19.0. The maximum Gasteiger partial charge on any atom is 0.193 e. The Morgan fingerprint density at radius 3 is 2.67 bits per heavy atom. The summed E-state index contributed by atoms with van der Waals surface area (Å²) in [6.07, 6.45) is 4.90. The van der Waals surface area contributed by atoms with Crippen molar-refractivity contribution in [2.45, 2.75) is 46.5 Å². The van der Waals surface area contributed by atoms with Gasteiger partial charge in [0.15, 0.2) is 5.96 Å². The second-order valence-electron chi connectivity index (χ2n) is 7.61. The van der Waals surface area contributed by atoms with Gasteiger partial charge in [-0.05, 0) is 31.1 Å². The van der Waals surface area contributed by atoms with E-state index >= 15 is 0 Å². The predicted molar refractivity (Wildman–Crippen MR) is 99.5 cm³/mol. The second kappa shape index (κ2) is 7.99. The van der Waals surface area contributed by atoms with Gasteiger partial charge in [-0.1, -0.05) is 20.8 Å². The summed E-state index contributed by atoms with van der Waals surface area (Å²) in [4.78, 5) is 6.86. The molecule has 124 valence electrons. The van der Waals surface area contributed by atoms with Gasteiger partial charge < -0.3 is 15.0 Å². The van der Waals surface area contributed by atoms with Crippen molar-refractivity contribution in [3.8, 4) is 0 Å². The van der Waals surface area contributed by atoms with E-state index in [9.17, 15) is 0 Å². The topological polar surface area (TPSA) is 36.9 Å². The monoisotopic (exact) mass is 409 g/mol. The van der Waals surface area contributed by atoms with Crippen molar-refractivity contribution in [3.63, 3.8) is 0 Å². The lowest BCUT2D eigenvalue weighted by Crippen LogP contribution is -2.41. The van der Waals surface area contributed by atoms with Crippen LogP contribution in [0.15, 0.2) is 4.99 Å². The number of rotatable bonds is 3. The van der Waals surface area contributed by atoms with Gasteiger partial charge in [0.2, 0.25) is 0 Å². The molecule has 2 aliphatic rings. The van der Waals surface area contributed by atoms with Gasteiger partial charge in [0.1, 0.15) is 0 Å². The molecule has 0 amide bonds. The number of nitrogens with one attached hydrogen (secondary N) is 1. The normalized spacial score (nSPS) is 26.3. The average Bonchev–Trinajstić information content (AvgIpc) is 2.99. The summed E-state index contributed by atoms with van der Waals surface area (Å²) in [5.74, 6) is 1.07. The number of hydrogen-bond donors (Lipinski definition) is 1. The van der Waals surface area contributed by atoms with E-state index in [0.29, 0.717) is 10.8 Å². The van der Waals surface area contributed by atoms with Crippen molar-refractivity contribution < 1.29 is 4.74 Å². The first-order chi connectivity index (χ1) is 9.44. The third-order valence-electron chi connectivity index (χ3n) is 4.52. The fraction of sp³-hybridized carbons (Fsp3) is 0.938. The Labute approximate surface area is 147 Å². The molecule has 1 atom stereocenters. The number of halogens is 1. The Morgan fingerprint density at radius 1 is 1.33 bits per heavy atom. The van der Waals surface area contributed by atoms with Crippen LogP contribution in [-0.2, 0) is 4.74 Å². The standard InChI is InChI=1S/C16H31N3O.HI/c1-15(2,3)6-5-9-18-14(17-4)19-10-7-16(12-19)8-11-20-13-16;/h5-13H2,1-4H3,(H,17,18);1H. The molecule has 5 heteroatoms. The fourth-order valence-corrected chi connectivity index (χ4v) is 3.24. The zero-order valence-corrected chi connectivity index (χ0v) is 16.4. The van der Waals surface area contributed by atoms with Crippen LogP contribution in [0.5, 0.6) is 0 Å². The van der Waals surface area contributed by atoms with Gasteiger partial charge >= 0.3 is 0 Å². The molecule has 0 aromatic rings. The molecule has 4 nitrogen and oxygen atoms in total. The van der Waals surface area contributed by atoms with Crippen LogP contribution in [0, 0.1) is 10.8 Å². The zero-order chi connectivity index (χ0) is 14.6. The molecule has 21 heavy (non-hydrogen) atoms. The molecule has 2 fully saturated rings. The molecule has 2 aliphatic heterocycles. The summed E-state index contributed by atoms with van der Waals surface area (Å²) < 4.78 is 5.59. The van der Waals surface area contributed by atoms with Crippen LogP contribution >= 0.6 is 24.0 Å². The number of guanidine groups is 1. The summed E-state index contributed by atoms with van der Waals surface area (Å²) in [5, 5.41) is 3.53. The minimum atomic E-state index is 0. The summed E-state index contributed by atoms with van der Waals surface area (Å²) >= 11 is 0. The van der Waals surface area contributed by atoms with E-state index < -0.39 is 0 Å². The minimum absolute atomic E-state index is 0. The number of likely N-dealkylation sites (tertiary alicyclic amines) is 1. The van der Waals surface area contributed by atoms with E-state index in [-0.39, 0.29) is 24.0 Å². The number of ether oxygens (including phenoxy) is 1. The summed E-state index contributed by atoms with van der Waals surface area (Å²) in [7, 11) is 1.89. The molecular formula is C16H32IN3O. The first-order valence-electron chi connectivity index (χ1n) is 7.98. The van der Waals surface area contributed by atoms with Gasteiger partial charge in [0, 0.05) is 38.7 Å². The third kappa shape index (κ3) is 5.58. The largest absolute Gasteiger partial charge is 0.381 e. The Balaban J connectivity index is 0.00000220. The molecule has 0 aromatic heterocycles. The Kier molecular flexibility index (Phi) is 7.24. The van der Waals surface area contributed by atoms with Gasteiger partial charge in [-0.15, -0.1) is 24.0 Å². The van der Waals surface area contributed by atoms with Gasteiger partial charge in [0.05, 0.1) is 6.61 Å². The highest BCUT2D eigenvalue weighted by Crippen LogP contribution is 2.38. The highest BCUT2D eigenvalue weighted by atomic mass is 127. The van der Waals surface area contributed by atoms with E-state index in [1.807, 2.05) is 7.05 Å². The molecule has 2 heterocycles. The van der Waals surface area contributed by atoms with Gasteiger partial charge in [-0.3, -0.25) is 4.99 Å². The molecule has 0 radical (unpaired) electrons. The van der Waals surface area contributed by atoms with E-state index in [1.165, 1.54) is 25.7 Å². The smallest absolute Gasteiger partial charge is 0.193 e. The van der Waals surface area contributed by atoms with Crippen molar-refractivity contribution >= 4 is 29.9 Å². The average molecular weight is 409 g/mol. The molecule has 2 saturated heterocycles. The number of hydrogen-bond acceptors (Lipinski definition) is 2. The van der Waals surface area contributed by atoms with Crippen LogP contribution in [0.3, 0.4) is 0 Å². The SMILES string of the molecule is CN=C(NCCCC(C)(C)C)N1CCC2(CCOC2)C1.I. The molecule has 0 aromatic carbocycles. The lowest BCUT2D eigenvalue weighted by molar-refractivity contribution is 0.156. The van der Waals surface area contributed by atoms with Crippen LogP contribution in [0.1, 0.15) is 46.5 Å². The van der Waals surface area contributed by atoms with Crippen molar-refractivity contribution in [2.75, 3.05) is 39.9 Å². The summed E-state index contributed by atoms with van der Waals surface area (Å²) in [6, 6.07) is 0.